The van der Waals surface area contributed by atoms with Crippen LogP contribution in [0.3, 0.4) is 0 Å². The van der Waals surface area contributed by atoms with Gasteiger partial charge in [0, 0.05) is 28.5 Å². The molecule has 2 N–H and O–H groups in total. The molecule has 0 fully saturated rings. The van der Waals surface area contributed by atoms with Crippen molar-refractivity contribution in [1.82, 2.24) is 10.3 Å². The van der Waals surface area contributed by atoms with Crippen molar-refractivity contribution in [3.05, 3.63) is 79.8 Å². The van der Waals surface area contributed by atoms with Crippen LogP contribution in [0.25, 0.3) is 0 Å². The van der Waals surface area contributed by atoms with Gasteiger partial charge in [0.15, 0.2) is 10.9 Å². The highest BCUT2D eigenvalue weighted by atomic mass is 79.9. The Labute approximate surface area is 199 Å². The fraction of sp³-hybridized carbons (Fsp3) is 0. The average molecular weight is 567 g/mol. The van der Waals surface area contributed by atoms with Crippen molar-refractivity contribution in [3.63, 3.8) is 0 Å². The van der Waals surface area contributed by atoms with Gasteiger partial charge in [-0.2, -0.15) is 5.26 Å². The van der Waals surface area contributed by atoms with Crippen molar-refractivity contribution in [3.8, 4) is 17.7 Å². The molecule has 3 aromatic rings. The highest BCUT2D eigenvalue weighted by Gasteiger charge is 2.13. The minimum absolute atomic E-state index is 0.135. The van der Waals surface area contributed by atoms with Crippen LogP contribution in [0.5, 0.6) is 11.6 Å². The van der Waals surface area contributed by atoms with E-state index >= 15 is 0 Å². The minimum Gasteiger partial charge on any atom is -0.437 e. The quantitative estimate of drug-likeness (QED) is 0.374. The van der Waals surface area contributed by atoms with Gasteiger partial charge in [-0.3, -0.25) is 10.1 Å². The number of benzene rings is 2. The van der Waals surface area contributed by atoms with E-state index in [0.29, 0.717) is 42.4 Å². The summed E-state index contributed by atoms with van der Waals surface area (Å²) in [6.07, 6.45) is 1.43. The Kier molecular flexibility index (Phi) is 7.39. The molecule has 150 valence electrons. The molecule has 1 aromatic heterocycles. The molecule has 10 heteroatoms. The Morgan fingerprint density at radius 3 is 2.37 bits per heavy atom. The number of aromatic nitrogens is 1. The van der Waals surface area contributed by atoms with Crippen molar-refractivity contribution in [2.45, 2.75) is 0 Å². The second-order valence-corrected chi connectivity index (χ2v) is 8.34. The maximum atomic E-state index is 12.2. The number of thiocarbonyl (C=S) groups is 1. The Morgan fingerprint density at radius 1 is 1.13 bits per heavy atom. The largest absolute Gasteiger partial charge is 0.437 e. The van der Waals surface area contributed by atoms with Crippen molar-refractivity contribution >= 4 is 72.4 Å². The molecule has 0 aliphatic rings. The van der Waals surface area contributed by atoms with Crippen molar-refractivity contribution in [1.29, 1.82) is 5.26 Å². The van der Waals surface area contributed by atoms with Crippen LogP contribution in [-0.2, 0) is 0 Å². The fourth-order valence-corrected chi connectivity index (χ4v) is 3.96. The number of halogens is 3. The standard InChI is InChI=1S/C20H11Br2ClN4O2S/c21-15-7-14(26-20(30)27-19(28)12-2-4-13(23)5-3-12)8-16(22)18(15)29-17-6-1-11(9-24)10-25-17/h1-8,10H,(H2,26,27,28,30). The normalized spacial score (nSPS) is 10.1. The molecule has 0 unspecified atom stereocenters. The third kappa shape index (κ3) is 5.77. The Hall–Kier alpha value is -2.51. The van der Waals surface area contributed by atoms with E-state index in [1.165, 1.54) is 6.20 Å². The number of anilines is 1. The molecular formula is C20H11Br2ClN4O2S. The van der Waals surface area contributed by atoms with Crippen LogP contribution in [0.2, 0.25) is 5.02 Å². The van der Waals surface area contributed by atoms with E-state index in [2.05, 4.69) is 47.5 Å². The van der Waals surface area contributed by atoms with Gasteiger partial charge < -0.3 is 10.1 Å². The van der Waals surface area contributed by atoms with Gasteiger partial charge >= 0.3 is 0 Å². The lowest BCUT2D eigenvalue weighted by Gasteiger charge is -2.14. The first-order valence-corrected chi connectivity index (χ1v) is 10.6. The van der Waals surface area contributed by atoms with E-state index in [9.17, 15) is 4.79 Å². The van der Waals surface area contributed by atoms with Crippen LogP contribution >= 0.6 is 55.7 Å². The summed E-state index contributed by atoms with van der Waals surface area (Å²) in [5.41, 5.74) is 1.49. The van der Waals surface area contributed by atoms with Gasteiger partial charge in [-0.05, 0) is 86.5 Å². The second-order valence-electron chi connectivity index (χ2n) is 5.78. The molecule has 2 aromatic carbocycles. The fourth-order valence-electron chi connectivity index (χ4n) is 2.28. The number of nitrogens with zero attached hydrogens (tertiary/aromatic N) is 2. The van der Waals surface area contributed by atoms with E-state index in [4.69, 9.17) is 33.8 Å². The summed E-state index contributed by atoms with van der Waals surface area (Å²) in [7, 11) is 0. The van der Waals surface area contributed by atoms with Gasteiger partial charge in [0.25, 0.3) is 5.91 Å². The molecule has 30 heavy (non-hydrogen) atoms. The highest BCUT2D eigenvalue weighted by molar-refractivity contribution is 9.11. The highest BCUT2D eigenvalue weighted by Crippen LogP contribution is 2.38. The maximum Gasteiger partial charge on any atom is 0.257 e. The zero-order valence-electron chi connectivity index (χ0n) is 14.9. The summed E-state index contributed by atoms with van der Waals surface area (Å²) in [6.45, 7) is 0. The number of hydrogen-bond acceptors (Lipinski definition) is 5. The summed E-state index contributed by atoms with van der Waals surface area (Å²) in [6, 6.07) is 15.2. The number of amides is 1. The van der Waals surface area contributed by atoms with Gasteiger partial charge in [-0.15, -0.1) is 0 Å². The molecule has 0 bridgehead atoms. The lowest BCUT2D eigenvalue weighted by atomic mass is 10.2. The van der Waals surface area contributed by atoms with E-state index in [0.717, 1.165) is 0 Å². The summed E-state index contributed by atoms with van der Waals surface area (Å²) >= 11 is 17.9. The molecule has 0 saturated carbocycles. The summed E-state index contributed by atoms with van der Waals surface area (Å²) in [4.78, 5) is 16.3. The van der Waals surface area contributed by atoms with E-state index in [1.807, 2.05) is 6.07 Å². The van der Waals surface area contributed by atoms with E-state index in [-0.39, 0.29) is 11.0 Å². The Bertz CT molecular complexity index is 1130. The molecule has 6 nitrogen and oxygen atoms in total. The van der Waals surface area contributed by atoms with Crippen LogP contribution in [-0.4, -0.2) is 16.0 Å². The summed E-state index contributed by atoms with van der Waals surface area (Å²) in [5, 5.41) is 15.1. The predicted molar refractivity (Wildman–Crippen MR) is 126 cm³/mol. The number of nitrogens with one attached hydrogen (secondary N) is 2. The molecule has 0 aliphatic heterocycles. The van der Waals surface area contributed by atoms with Gasteiger partial charge in [-0.1, -0.05) is 11.6 Å². The van der Waals surface area contributed by atoms with Gasteiger partial charge in [0.05, 0.1) is 14.5 Å². The molecule has 3 rings (SSSR count). The van der Waals surface area contributed by atoms with Crippen LogP contribution in [0.15, 0.2) is 63.7 Å². The molecule has 1 amide bonds. The molecule has 0 radical (unpaired) electrons. The number of hydrogen-bond donors (Lipinski definition) is 2. The van der Waals surface area contributed by atoms with Crippen molar-refractivity contribution in [2.24, 2.45) is 0 Å². The molecular weight excluding hydrogens is 556 g/mol. The van der Waals surface area contributed by atoms with E-state index in [1.54, 1.807) is 48.5 Å². The van der Waals surface area contributed by atoms with Crippen LogP contribution < -0.4 is 15.4 Å². The third-order valence-electron chi connectivity index (χ3n) is 3.66. The lowest BCUT2D eigenvalue weighted by Crippen LogP contribution is -2.34. The van der Waals surface area contributed by atoms with Gasteiger partial charge in [0.2, 0.25) is 5.88 Å². The number of nitriles is 1. The molecule has 0 atom stereocenters. The first-order valence-electron chi connectivity index (χ1n) is 8.26. The Morgan fingerprint density at radius 2 is 1.80 bits per heavy atom. The smallest absolute Gasteiger partial charge is 0.257 e. The summed E-state index contributed by atoms with van der Waals surface area (Å²) in [5.74, 6) is 0.477. The van der Waals surface area contributed by atoms with Crippen molar-refractivity contribution in [2.75, 3.05) is 5.32 Å². The predicted octanol–water partition coefficient (Wildman–Crippen LogP) is 6.05. The van der Waals surface area contributed by atoms with Gasteiger partial charge in [-0.25, -0.2) is 4.98 Å². The zero-order valence-corrected chi connectivity index (χ0v) is 19.7. The van der Waals surface area contributed by atoms with Crippen LogP contribution in [0.1, 0.15) is 15.9 Å². The number of ether oxygens (including phenoxy) is 1. The number of carbonyl (C=O) groups is 1. The number of pyridine rings is 1. The van der Waals surface area contributed by atoms with Gasteiger partial charge in [0.1, 0.15) is 6.07 Å². The number of rotatable bonds is 4. The lowest BCUT2D eigenvalue weighted by molar-refractivity contribution is 0.0977. The maximum absolute atomic E-state index is 12.2. The summed E-state index contributed by atoms with van der Waals surface area (Å²) < 4.78 is 7.02. The third-order valence-corrected chi connectivity index (χ3v) is 5.30. The Balaban J connectivity index is 1.68. The molecule has 0 aliphatic carbocycles. The molecule has 0 saturated heterocycles. The average Bonchev–Trinajstić information content (AvgIpc) is 2.71. The van der Waals surface area contributed by atoms with Crippen LogP contribution in [0, 0.1) is 11.3 Å². The first-order chi connectivity index (χ1) is 14.4. The molecule has 0 spiro atoms. The second kappa shape index (κ2) is 10.00. The zero-order chi connectivity index (χ0) is 21.7. The van der Waals surface area contributed by atoms with Crippen LogP contribution in [0.4, 0.5) is 5.69 Å². The number of carbonyl (C=O) groups excluding carboxylic acids is 1. The topological polar surface area (TPSA) is 87.0 Å². The van der Waals surface area contributed by atoms with E-state index < -0.39 is 0 Å². The van der Waals surface area contributed by atoms with Crippen molar-refractivity contribution < 1.29 is 9.53 Å². The molecule has 1 heterocycles. The first kappa shape index (κ1) is 22.2. The minimum atomic E-state index is -0.353. The SMILES string of the molecule is N#Cc1ccc(Oc2c(Br)cc(NC(=S)NC(=O)c3ccc(Cl)cc3)cc2Br)nc1. The monoisotopic (exact) mass is 564 g/mol.